The number of hydrazone groups is 1. The minimum Gasteiger partial charge on any atom is -0.493 e. The molecule has 4 rings (SSSR count). The van der Waals surface area contributed by atoms with Gasteiger partial charge in [-0.05, 0) is 50.7 Å². The molecular weight excluding hydrogens is 422 g/mol. The van der Waals surface area contributed by atoms with Gasteiger partial charge in [-0.2, -0.15) is 20.1 Å². The Morgan fingerprint density at radius 2 is 1.33 bits per heavy atom. The first-order chi connectivity index (χ1) is 16.2. The zero-order valence-electron chi connectivity index (χ0n) is 19.7. The molecule has 0 saturated carbocycles. The summed E-state index contributed by atoms with van der Waals surface area (Å²) in [6, 6.07) is 3.67. The van der Waals surface area contributed by atoms with E-state index in [-0.39, 0.29) is 0 Å². The van der Waals surface area contributed by atoms with E-state index >= 15 is 0 Å². The minimum atomic E-state index is 0.432. The molecular formula is C23H33N7O3. The number of aromatic nitrogens is 3. The lowest BCUT2D eigenvalue weighted by Crippen LogP contribution is -2.34. The van der Waals surface area contributed by atoms with Crippen molar-refractivity contribution in [2.45, 2.75) is 38.5 Å². The molecule has 33 heavy (non-hydrogen) atoms. The molecule has 1 aromatic carbocycles. The Hall–Kier alpha value is -3.30. The van der Waals surface area contributed by atoms with Crippen molar-refractivity contribution < 1.29 is 14.2 Å². The number of nitrogens with one attached hydrogen (secondary N) is 1. The lowest BCUT2D eigenvalue weighted by Gasteiger charge is -2.30. The van der Waals surface area contributed by atoms with Gasteiger partial charge in [-0.1, -0.05) is 0 Å². The normalized spacial score (nSPS) is 16.7. The second kappa shape index (κ2) is 11.0. The van der Waals surface area contributed by atoms with Crippen LogP contribution in [0.1, 0.15) is 44.1 Å². The van der Waals surface area contributed by atoms with Crippen LogP contribution in [0, 0.1) is 0 Å². The Balaban J connectivity index is 1.58. The molecule has 0 bridgehead atoms. The molecule has 0 spiro atoms. The molecule has 10 nitrogen and oxygen atoms in total. The largest absolute Gasteiger partial charge is 0.493 e. The van der Waals surface area contributed by atoms with E-state index in [1.165, 1.54) is 12.8 Å². The number of hydrogen-bond acceptors (Lipinski definition) is 10. The summed E-state index contributed by atoms with van der Waals surface area (Å²) < 4.78 is 16.3. The Labute approximate surface area is 195 Å². The van der Waals surface area contributed by atoms with Gasteiger partial charge in [0.15, 0.2) is 11.5 Å². The summed E-state index contributed by atoms with van der Waals surface area (Å²) in [4.78, 5) is 18.6. The quantitative estimate of drug-likeness (QED) is 0.475. The predicted octanol–water partition coefficient (Wildman–Crippen LogP) is 3.32. The summed E-state index contributed by atoms with van der Waals surface area (Å²) in [5.41, 5.74) is 3.74. The van der Waals surface area contributed by atoms with Crippen LogP contribution in [0.25, 0.3) is 0 Å². The molecule has 2 saturated heterocycles. The van der Waals surface area contributed by atoms with Gasteiger partial charge in [0.1, 0.15) is 0 Å². The number of anilines is 3. The fourth-order valence-corrected chi connectivity index (χ4v) is 4.26. The molecule has 10 heteroatoms. The first-order valence-electron chi connectivity index (χ1n) is 11.6. The van der Waals surface area contributed by atoms with Crippen molar-refractivity contribution in [3.63, 3.8) is 0 Å². The van der Waals surface area contributed by atoms with E-state index in [1.807, 2.05) is 12.1 Å². The van der Waals surface area contributed by atoms with Crippen LogP contribution in [0.3, 0.4) is 0 Å². The lowest BCUT2D eigenvalue weighted by atomic mass is 10.1. The van der Waals surface area contributed by atoms with Crippen LogP contribution in [0.5, 0.6) is 17.2 Å². The van der Waals surface area contributed by atoms with Crippen molar-refractivity contribution in [2.75, 3.05) is 62.7 Å². The summed E-state index contributed by atoms with van der Waals surface area (Å²) in [7, 11) is 4.76. The van der Waals surface area contributed by atoms with Gasteiger partial charge < -0.3 is 24.0 Å². The average Bonchev–Trinajstić information content (AvgIpc) is 2.89. The SMILES string of the molecule is COc1ccc(C=NNc2nc(N3CCCCC3)nc(N3CCCCC3)n2)c(OC)c1OC. The van der Waals surface area contributed by atoms with Gasteiger partial charge >= 0.3 is 0 Å². The lowest BCUT2D eigenvalue weighted by molar-refractivity contribution is 0.324. The van der Waals surface area contributed by atoms with Crippen LogP contribution in [-0.2, 0) is 0 Å². The minimum absolute atomic E-state index is 0.432. The van der Waals surface area contributed by atoms with Crippen molar-refractivity contribution >= 4 is 24.1 Å². The number of rotatable bonds is 8. The predicted molar refractivity (Wildman–Crippen MR) is 129 cm³/mol. The van der Waals surface area contributed by atoms with E-state index < -0.39 is 0 Å². The molecule has 0 atom stereocenters. The van der Waals surface area contributed by atoms with Gasteiger partial charge in [-0.25, -0.2) is 5.43 Å². The van der Waals surface area contributed by atoms with Gasteiger partial charge in [-0.3, -0.25) is 0 Å². The second-order valence-corrected chi connectivity index (χ2v) is 8.15. The Kier molecular flexibility index (Phi) is 7.64. The smallest absolute Gasteiger partial charge is 0.250 e. The summed E-state index contributed by atoms with van der Waals surface area (Å²) in [6.45, 7) is 3.87. The summed E-state index contributed by atoms with van der Waals surface area (Å²) in [5.74, 6) is 3.51. The number of ether oxygens (including phenoxy) is 3. The van der Waals surface area contributed by atoms with E-state index in [4.69, 9.17) is 19.2 Å². The number of methoxy groups -OCH3 is 3. The van der Waals surface area contributed by atoms with Crippen LogP contribution < -0.4 is 29.4 Å². The van der Waals surface area contributed by atoms with Crippen molar-refractivity contribution in [1.82, 2.24) is 15.0 Å². The van der Waals surface area contributed by atoms with Crippen molar-refractivity contribution in [3.05, 3.63) is 17.7 Å². The van der Waals surface area contributed by atoms with Gasteiger partial charge in [0.2, 0.25) is 23.6 Å². The highest BCUT2D eigenvalue weighted by molar-refractivity contribution is 5.86. The molecule has 1 aromatic heterocycles. The van der Waals surface area contributed by atoms with Crippen LogP contribution in [-0.4, -0.2) is 68.7 Å². The van der Waals surface area contributed by atoms with E-state index in [9.17, 15) is 0 Å². The van der Waals surface area contributed by atoms with Crippen molar-refractivity contribution in [1.29, 1.82) is 0 Å². The number of benzene rings is 1. The van der Waals surface area contributed by atoms with Crippen LogP contribution in [0.4, 0.5) is 17.8 Å². The third kappa shape index (κ3) is 5.37. The fraction of sp³-hybridized carbons (Fsp3) is 0.565. The number of piperidine rings is 2. The zero-order valence-corrected chi connectivity index (χ0v) is 19.7. The number of nitrogens with zero attached hydrogens (tertiary/aromatic N) is 6. The maximum absolute atomic E-state index is 5.53. The maximum atomic E-state index is 5.53. The molecule has 0 amide bonds. The molecule has 3 heterocycles. The fourth-order valence-electron chi connectivity index (χ4n) is 4.26. The van der Waals surface area contributed by atoms with Gasteiger partial charge in [0.05, 0.1) is 27.5 Å². The maximum Gasteiger partial charge on any atom is 0.250 e. The molecule has 2 aliphatic heterocycles. The first-order valence-corrected chi connectivity index (χ1v) is 11.6. The van der Waals surface area contributed by atoms with E-state index in [2.05, 4.69) is 30.3 Å². The molecule has 0 radical (unpaired) electrons. The van der Waals surface area contributed by atoms with E-state index in [0.29, 0.717) is 35.1 Å². The molecule has 1 N–H and O–H groups in total. The number of hydrogen-bond donors (Lipinski definition) is 1. The van der Waals surface area contributed by atoms with Gasteiger partial charge in [-0.15, -0.1) is 0 Å². The van der Waals surface area contributed by atoms with E-state index in [0.717, 1.165) is 57.4 Å². The highest BCUT2D eigenvalue weighted by Gasteiger charge is 2.20. The third-order valence-electron chi connectivity index (χ3n) is 5.99. The topological polar surface area (TPSA) is 97.2 Å². The summed E-state index contributed by atoms with van der Waals surface area (Å²) >= 11 is 0. The standard InChI is InChI=1S/C23H33N7O3/c1-31-18-11-10-17(19(32-2)20(18)33-3)16-24-28-21-25-22(29-12-6-4-7-13-29)27-23(26-21)30-14-8-5-9-15-30/h10-11,16H,4-9,12-15H2,1-3H3,(H,25,26,27,28). The van der Waals surface area contributed by atoms with Crippen LogP contribution >= 0.6 is 0 Å². The van der Waals surface area contributed by atoms with Crippen LogP contribution in [0.2, 0.25) is 0 Å². The molecule has 2 aliphatic rings. The molecule has 0 unspecified atom stereocenters. The van der Waals surface area contributed by atoms with Gasteiger partial charge in [0.25, 0.3) is 0 Å². The Morgan fingerprint density at radius 3 is 1.85 bits per heavy atom. The molecule has 178 valence electrons. The Bertz CT molecular complexity index is 921. The summed E-state index contributed by atoms with van der Waals surface area (Å²) in [6.07, 6.45) is 8.79. The second-order valence-electron chi connectivity index (χ2n) is 8.15. The molecule has 2 fully saturated rings. The average molecular weight is 456 g/mol. The first kappa shape index (κ1) is 22.9. The zero-order chi connectivity index (χ0) is 23.0. The van der Waals surface area contributed by atoms with E-state index in [1.54, 1.807) is 27.5 Å². The summed E-state index contributed by atoms with van der Waals surface area (Å²) in [5, 5.41) is 4.38. The molecule has 0 aliphatic carbocycles. The van der Waals surface area contributed by atoms with Crippen molar-refractivity contribution in [3.8, 4) is 17.2 Å². The third-order valence-corrected chi connectivity index (χ3v) is 5.99. The highest BCUT2D eigenvalue weighted by Crippen LogP contribution is 2.39. The van der Waals surface area contributed by atoms with Crippen LogP contribution in [0.15, 0.2) is 17.2 Å². The highest BCUT2D eigenvalue weighted by atomic mass is 16.5. The van der Waals surface area contributed by atoms with Crippen molar-refractivity contribution in [2.24, 2.45) is 5.10 Å². The monoisotopic (exact) mass is 455 g/mol. The van der Waals surface area contributed by atoms with Gasteiger partial charge in [0, 0.05) is 31.7 Å². The molecule has 2 aromatic rings. The Morgan fingerprint density at radius 1 is 0.758 bits per heavy atom.